The van der Waals surface area contributed by atoms with Gasteiger partial charge in [0.05, 0.1) is 11.3 Å². The fourth-order valence-electron chi connectivity index (χ4n) is 3.08. The summed E-state index contributed by atoms with van der Waals surface area (Å²) in [6, 6.07) is 0.378. The van der Waals surface area contributed by atoms with Crippen LogP contribution in [0.15, 0.2) is 0 Å². The summed E-state index contributed by atoms with van der Waals surface area (Å²) >= 11 is 5.31. The first-order valence-electron chi connectivity index (χ1n) is 7.62. The minimum absolute atomic E-state index is 0.378. The number of anilines is 1. The summed E-state index contributed by atoms with van der Waals surface area (Å²) in [4.78, 5) is 5.05. The van der Waals surface area contributed by atoms with Gasteiger partial charge in [0.15, 0.2) is 5.82 Å². The van der Waals surface area contributed by atoms with Crippen molar-refractivity contribution in [3.05, 3.63) is 16.8 Å². The standard InChI is InChI=1S/C15H25N5S/c1-5-11-12(6-2)17-18-15(13(11)14(16)21)20-8-7-19(4)9-10(20)3/h10H,5-9H2,1-4H3,(H2,16,21). The highest BCUT2D eigenvalue weighted by Crippen LogP contribution is 2.26. The number of aryl methyl sites for hydroxylation is 1. The molecule has 1 unspecified atom stereocenters. The fraction of sp³-hybridized carbons (Fsp3) is 0.667. The topological polar surface area (TPSA) is 58.3 Å². The van der Waals surface area contributed by atoms with Crippen LogP contribution >= 0.6 is 12.2 Å². The lowest BCUT2D eigenvalue weighted by atomic mass is 10.0. The quantitative estimate of drug-likeness (QED) is 0.848. The van der Waals surface area contributed by atoms with Gasteiger partial charge in [-0.3, -0.25) is 0 Å². The van der Waals surface area contributed by atoms with Crippen molar-refractivity contribution in [2.75, 3.05) is 31.6 Å². The van der Waals surface area contributed by atoms with Crippen molar-refractivity contribution in [3.63, 3.8) is 0 Å². The van der Waals surface area contributed by atoms with Gasteiger partial charge >= 0.3 is 0 Å². The van der Waals surface area contributed by atoms with E-state index >= 15 is 0 Å². The second-order valence-corrected chi connectivity index (χ2v) is 6.14. The van der Waals surface area contributed by atoms with Gasteiger partial charge in [-0.05, 0) is 32.4 Å². The van der Waals surface area contributed by atoms with Crippen LogP contribution in [0.4, 0.5) is 5.82 Å². The largest absolute Gasteiger partial charge is 0.389 e. The van der Waals surface area contributed by atoms with Crippen LogP contribution in [0.3, 0.4) is 0 Å². The van der Waals surface area contributed by atoms with Crippen molar-refractivity contribution in [1.29, 1.82) is 0 Å². The molecule has 1 saturated heterocycles. The molecule has 0 radical (unpaired) electrons. The molecular weight excluding hydrogens is 282 g/mol. The molecule has 0 saturated carbocycles. The van der Waals surface area contributed by atoms with Gasteiger partial charge in [0.2, 0.25) is 0 Å². The number of hydrogen-bond acceptors (Lipinski definition) is 5. The molecule has 2 heterocycles. The number of rotatable bonds is 4. The van der Waals surface area contributed by atoms with Crippen LogP contribution in [0.25, 0.3) is 0 Å². The summed E-state index contributed by atoms with van der Waals surface area (Å²) in [6.07, 6.45) is 1.73. The summed E-state index contributed by atoms with van der Waals surface area (Å²) in [5, 5.41) is 8.89. The molecule has 0 amide bonds. The Labute approximate surface area is 132 Å². The van der Waals surface area contributed by atoms with Gasteiger partial charge < -0.3 is 15.5 Å². The maximum Gasteiger partial charge on any atom is 0.162 e. The van der Waals surface area contributed by atoms with Crippen molar-refractivity contribution in [2.45, 2.75) is 39.7 Å². The Morgan fingerprint density at radius 1 is 1.29 bits per heavy atom. The van der Waals surface area contributed by atoms with E-state index in [4.69, 9.17) is 18.0 Å². The molecule has 1 aromatic heterocycles. The third kappa shape index (κ3) is 3.16. The zero-order chi connectivity index (χ0) is 15.6. The van der Waals surface area contributed by atoms with E-state index < -0.39 is 0 Å². The average Bonchev–Trinajstić information content (AvgIpc) is 2.45. The normalized spacial score (nSPS) is 19.8. The zero-order valence-corrected chi connectivity index (χ0v) is 14.2. The van der Waals surface area contributed by atoms with Gasteiger partial charge in [-0.25, -0.2) is 0 Å². The van der Waals surface area contributed by atoms with Gasteiger partial charge in [-0.2, -0.15) is 5.10 Å². The molecule has 2 N–H and O–H groups in total. The lowest BCUT2D eigenvalue weighted by molar-refractivity contribution is 0.274. The maximum absolute atomic E-state index is 6.02. The monoisotopic (exact) mass is 307 g/mol. The van der Waals surface area contributed by atoms with Gasteiger partial charge in [0.25, 0.3) is 0 Å². The molecule has 0 aromatic carbocycles. The Bertz CT molecular complexity index is 531. The number of nitrogens with zero attached hydrogens (tertiary/aromatic N) is 4. The molecule has 1 aliphatic rings. The van der Waals surface area contributed by atoms with E-state index in [1.54, 1.807) is 0 Å². The Balaban J connectivity index is 2.50. The minimum Gasteiger partial charge on any atom is -0.389 e. The predicted molar refractivity (Wildman–Crippen MR) is 91.0 cm³/mol. The Hall–Kier alpha value is -1.27. The van der Waals surface area contributed by atoms with Crippen molar-refractivity contribution < 1.29 is 0 Å². The predicted octanol–water partition coefficient (Wildman–Crippen LogP) is 1.38. The summed E-state index contributed by atoms with van der Waals surface area (Å²) in [6.45, 7) is 9.37. The van der Waals surface area contributed by atoms with E-state index in [0.717, 1.165) is 55.1 Å². The van der Waals surface area contributed by atoms with Gasteiger partial charge in [0, 0.05) is 25.7 Å². The second kappa shape index (κ2) is 6.66. The number of piperazine rings is 1. The number of aromatic nitrogens is 2. The van der Waals surface area contributed by atoms with Crippen LogP contribution < -0.4 is 10.6 Å². The van der Waals surface area contributed by atoms with Crippen molar-refractivity contribution in [1.82, 2.24) is 15.1 Å². The van der Waals surface area contributed by atoms with Crippen LogP contribution in [-0.2, 0) is 12.8 Å². The Kier molecular flexibility index (Phi) is 5.11. The molecule has 1 fully saturated rings. The van der Waals surface area contributed by atoms with Crippen molar-refractivity contribution >= 4 is 23.0 Å². The molecule has 1 aliphatic heterocycles. The Morgan fingerprint density at radius 3 is 2.52 bits per heavy atom. The molecule has 1 atom stereocenters. The first-order chi connectivity index (χ1) is 9.99. The molecule has 2 rings (SSSR count). The number of likely N-dealkylation sites (N-methyl/N-ethyl adjacent to an activating group) is 1. The number of hydrogen-bond donors (Lipinski definition) is 1. The van der Waals surface area contributed by atoms with Crippen molar-refractivity contribution in [3.8, 4) is 0 Å². The van der Waals surface area contributed by atoms with E-state index in [0.29, 0.717) is 11.0 Å². The van der Waals surface area contributed by atoms with E-state index in [1.165, 1.54) is 0 Å². The fourth-order valence-corrected chi connectivity index (χ4v) is 3.29. The molecule has 0 aliphatic carbocycles. The average molecular weight is 307 g/mol. The van der Waals surface area contributed by atoms with Crippen LogP contribution in [-0.4, -0.2) is 52.8 Å². The zero-order valence-electron chi connectivity index (χ0n) is 13.4. The highest BCUT2D eigenvalue weighted by molar-refractivity contribution is 7.80. The second-order valence-electron chi connectivity index (χ2n) is 5.70. The SMILES string of the molecule is CCc1nnc(N2CCN(C)CC2C)c(C(N)=S)c1CC. The lowest BCUT2D eigenvalue weighted by Gasteiger charge is -2.39. The Morgan fingerprint density at radius 2 is 2.00 bits per heavy atom. The molecule has 6 heteroatoms. The van der Waals surface area contributed by atoms with Gasteiger partial charge in [-0.1, -0.05) is 26.1 Å². The van der Waals surface area contributed by atoms with Gasteiger partial charge in [0.1, 0.15) is 4.99 Å². The van der Waals surface area contributed by atoms with E-state index in [2.05, 4.69) is 47.8 Å². The van der Waals surface area contributed by atoms with E-state index in [-0.39, 0.29) is 0 Å². The molecule has 1 aromatic rings. The molecule has 21 heavy (non-hydrogen) atoms. The van der Waals surface area contributed by atoms with Crippen LogP contribution in [0.1, 0.15) is 37.6 Å². The summed E-state index contributed by atoms with van der Waals surface area (Å²) in [5.41, 5.74) is 9.11. The first kappa shape index (κ1) is 16.1. The first-order valence-corrected chi connectivity index (χ1v) is 8.03. The van der Waals surface area contributed by atoms with Crippen LogP contribution in [0, 0.1) is 0 Å². The third-order valence-corrected chi connectivity index (χ3v) is 4.38. The maximum atomic E-state index is 6.02. The molecular formula is C15H25N5S. The summed E-state index contributed by atoms with van der Waals surface area (Å²) in [7, 11) is 2.14. The number of nitrogens with two attached hydrogens (primary N) is 1. The van der Waals surface area contributed by atoms with Gasteiger partial charge in [-0.15, -0.1) is 5.10 Å². The van der Waals surface area contributed by atoms with E-state index in [9.17, 15) is 0 Å². The molecule has 0 bridgehead atoms. The highest BCUT2D eigenvalue weighted by atomic mass is 32.1. The summed E-state index contributed by atoms with van der Waals surface area (Å²) < 4.78 is 0. The highest BCUT2D eigenvalue weighted by Gasteiger charge is 2.27. The third-order valence-electron chi connectivity index (χ3n) is 4.18. The van der Waals surface area contributed by atoms with Crippen molar-refractivity contribution in [2.24, 2.45) is 5.73 Å². The van der Waals surface area contributed by atoms with Crippen LogP contribution in [0.2, 0.25) is 0 Å². The summed E-state index contributed by atoms with van der Waals surface area (Å²) in [5.74, 6) is 0.858. The van der Waals surface area contributed by atoms with Crippen LogP contribution in [0.5, 0.6) is 0 Å². The smallest absolute Gasteiger partial charge is 0.162 e. The minimum atomic E-state index is 0.378. The molecule has 5 nitrogen and oxygen atoms in total. The molecule has 116 valence electrons. The van der Waals surface area contributed by atoms with E-state index in [1.807, 2.05) is 0 Å². The molecule has 0 spiro atoms. The number of thiocarbonyl (C=S) groups is 1. The lowest BCUT2D eigenvalue weighted by Crippen LogP contribution is -2.51.